The van der Waals surface area contributed by atoms with E-state index in [1.165, 1.54) is 5.56 Å². The number of aryl methyl sites for hydroxylation is 2. The second-order valence-electron chi connectivity index (χ2n) is 8.09. The number of fused-ring (bicyclic) bond motifs is 1. The summed E-state index contributed by atoms with van der Waals surface area (Å²) >= 11 is 0. The Morgan fingerprint density at radius 1 is 1.19 bits per heavy atom. The summed E-state index contributed by atoms with van der Waals surface area (Å²) in [6.07, 6.45) is 1.82. The van der Waals surface area contributed by atoms with Crippen LogP contribution >= 0.6 is 0 Å². The zero-order valence-electron chi connectivity index (χ0n) is 18.5. The summed E-state index contributed by atoms with van der Waals surface area (Å²) in [5.74, 6) is -0.607. The molecule has 2 heterocycles. The third-order valence-corrected chi connectivity index (χ3v) is 5.47. The van der Waals surface area contributed by atoms with E-state index in [4.69, 9.17) is 0 Å². The van der Waals surface area contributed by atoms with E-state index >= 15 is 0 Å². The Kier molecular flexibility index (Phi) is 7.44. The van der Waals surface area contributed by atoms with Crippen molar-refractivity contribution in [3.05, 3.63) is 52.8 Å². The zero-order chi connectivity index (χ0) is 22.4. The van der Waals surface area contributed by atoms with Crippen LogP contribution in [0.15, 0.2) is 30.3 Å². The van der Waals surface area contributed by atoms with Gasteiger partial charge in [0.25, 0.3) is 11.8 Å². The Balaban J connectivity index is 1.60. The molecule has 1 aliphatic heterocycles. The van der Waals surface area contributed by atoms with Crippen molar-refractivity contribution in [1.82, 2.24) is 25.3 Å². The predicted octanol–water partition coefficient (Wildman–Crippen LogP) is 2.27. The van der Waals surface area contributed by atoms with E-state index < -0.39 is 0 Å². The summed E-state index contributed by atoms with van der Waals surface area (Å²) in [7, 11) is 0. The molecule has 1 aromatic heterocycles. The minimum Gasteiger partial charge on any atom is -0.354 e. The second-order valence-corrected chi connectivity index (χ2v) is 8.09. The van der Waals surface area contributed by atoms with Crippen LogP contribution in [0.4, 0.5) is 0 Å². The first kappa shape index (κ1) is 22.5. The molecule has 0 unspecified atom stereocenters. The highest BCUT2D eigenvalue weighted by Crippen LogP contribution is 2.17. The lowest BCUT2D eigenvalue weighted by Crippen LogP contribution is -2.35. The normalized spacial score (nSPS) is 14.5. The van der Waals surface area contributed by atoms with Crippen molar-refractivity contribution >= 4 is 17.7 Å². The number of nitrogens with one attached hydrogen (secondary N) is 2. The summed E-state index contributed by atoms with van der Waals surface area (Å²) in [5, 5.41) is 9.91. The largest absolute Gasteiger partial charge is 0.354 e. The fraction of sp³-hybridized carbons (Fsp3) is 0.478. The molecule has 1 atom stereocenters. The van der Waals surface area contributed by atoms with E-state index in [9.17, 15) is 14.4 Å². The number of benzene rings is 1. The van der Waals surface area contributed by atoms with E-state index in [0.29, 0.717) is 25.3 Å². The standard InChI is InChI=1S/C23H31N5O3/c1-4-17(3)25-21(29)10-11-24-22(30)19-14-20-23(31)27(12-5-13-28(20)26-19)15-18-8-6-16(2)7-9-18/h6-9,14,17H,4-5,10-13,15H2,1-3H3,(H,24,30)(H,25,29)/t17-/m1/s1. The fourth-order valence-electron chi connectivity index (χ4n) is 3.44. The molecule has 0 saturated heterocycles. The Labute approximate surface area is 183 Å². The molecule has 2 N–H and O–H groups in total. The quantitative estimate of drug-likeness (QED) is 0.678. The second kappa shape index (κ2) is 10.2. The Hall–Kier alpha value is -3.16. The average Bonchev–Trinajstić information content (AvgIpc) is 3.12. The third-order valence-electron chi connectivity index (χ3n) is 5.47. The van der Waals surface area contributed by atoms with E-state index in [-0.39, 0.29) is 42.4 Å². The van der Waals surface area contributed by atoms with E-state index in [0.717, 1.165) is 18.4 Å². The summed E-state index contributed by atoms with van der Waals surface area (Å²) in [5.41, 5.74) is 2.87. The molecule has 0 fully saturated rings. The first-order valence-corrected chi connectivity index (χ1v) is 10.9. The molecule has 8 heteroatoms. The smallest absolute Gasteiger partial charge is 0.272 e. The highest BCUT2D eigenvalue weighted by atomic mass is 16.2. The van der Waals surface area contributed by atoms with Crippen molar-refractivity contribution in [3.63, 3.8) is 0 Å². The molecule has 0 radical (unpaired) electrons. The van der Waals surface area contributed by atoms with Crippen molar-refractivity contribution < 1.29 is 14.4 Å². The number of aromatic nitrogens is 2. The molecular formula is C23H31N5O3. The maximum Gasteiger partial charge on any atom is 0.272 e. The number of amides is 3. The molecule has 0 aliphatic carbocycles. The number of rotatable bonds is 8. The van der Waals surface area contributed by atoms with Crippen LogP contribution in [0.5, 0.6) is 0 Å². The van der Waals surface area contributed by atoms with Gasteiger partial charge in [-0.2, -0.15) is 5.10 Å². The predicted molar refractivity (Wildman–Crippen MR) is 118 cm³/mol. The molecule has 31 heavy (non-hydrogen) atoms. The van der Waals surface area contributed by atoms with Crippen molar-refractivity contribution in [3.8, 4) is 0 Å². The van der Waals surface area contributed by atoms with Crippen LogP contribution < -0.4 is 10.6 Å². The topological polar surface area (TPSA) is 96.3 Å². The van der Waals surface area contributed by atoms with Crippen LogP contribution in [0.2, 0.25) is 0 Å². The van der Waals surface area contributed by atoms with Crippen LogP contribution in [0.25, 0.3) is 0 Å². The van der Waals surface area contributed by atoms with Gasteiger partial charge >= 0.3 is 0 Å². The van der Waals surface area contributed by atoms with Crippen LogP contribution in [0.1, 0.15) is 65.2 Å². The van der Waals surface area contributed by atoms with Crippen LogP contribution in [0.3, 0.4) is 0 Å². The average molecular weight is 426 g/mol. The highest BCUT2D eigenvalue weighted by Gasteiger charge is 2.26. The van der Waals surface area contributed by atoms with Gasteiger partial charge in [0.1, 0.15) is 5.69 Å². The molecule has 2 aromatic rings. The van der Waals surface area contributed by atoms with Gasteiger partial charge in [-0.15, -0.1) is 0 Å². The Bertz CT molecular complexity index is 935. The Morgan fingerprint density at radius 2 is 1.94 bits per heavy atom. The van der Waals surface area contributed by atoms with Crippen molar-refractivity contribution in [2.75, 3.05) is 13.1 Å². The van der Waals surface area contributed by atoms with Gasteiger partial charge in [0.05, 0.1) is 0 Å². The third kappa shape index (κ3) is 5.93. The van der Waals surface area contributed by atoms with Gasteiger partial charge < -0.3 is 15.5 Å². The van der Waals surface area contributed by atoms with Gasteiger partial charge in [-0.25, -0.2) is 0 Å². The number of carbonyl (C=O) groups is 3. The number of hydrogen-bond acceptors (Lipinski definition) is 4. The number of hydrogen-bond donors (Lipinski definition) is 2. The van der Waals surface area contributed by atoms with Crippen molar-refractivity contribution in [2.45, 2.75) is 59.2 Å². The molecule has 1 aliphatic rings. The molecule has 0 saturated carbocycles. The molecule has 1 aromatic carbocycles. The summed E-state index contributed by atoms with van der Waals surface area (Å²) in [4.78, 5) is 39.2. The van der Waals surface area contributed by atoms with E-state index in [1.807, 2.05) is 45.0 Å². The van der Waals surface area contributed by atoms with E-state index in [1.54, 1.807) is 15.6 Å². The monoisotopic (exact) mass is 425 g/mol. The summed E-state index contributed by atoms with van der Waals surface area (Å²) < 4.78 is 1.61. The summed E-state index contributed by atoms with van der Waals surface area (Å²) in [6, 6.07) is 9.79. The van der Waals surface area contributed by atoms with Gasteiger partial charge in [0.15, 0.2) is 5.69 Å². The molecule has 3 amide bonds. The minimum absolute atomic E-state index is 0.0998. The maximum atomic E-state index is 13.1. The van der Waals surface area contributed by atoms with Crippen molar-refractivity contribution in [1.29, 1.82) is 0 Å². The fourth-order valence-corrected chi connectivity index (χ4v) is 3.44. The van der Waals surface area contributed by atoms with Crippen LogP contribution in [-0.2, 0) is 17.9 Å². The number of nitrogens with zero attached hydrogens (tertiary/aromatic N) is 3. The highest BCUT2D eigenvalue weighted by molar-refractivity contribution is 5.98. The van der Waals surface area contributed by atoms with Crippen LogP contribution in [-0.4, -0.2) is 51.5 Å². The Morgan fingerprint density at radius 3 is 2.65 bits per heavy atom. The van der Waals surface area contributed by atoms with Gasteiger partial charge in [0.2, 0.25) is 5.91 Å². The summed E-state index contributed by atoms with van der Waals surface area (Å²) in [6.45, 7) is 7.93. The molecule has 0 spiro atoms. The number of carbonyl (C=O) groups excluding carboxylic acids is 3. The zero-order valence-corrected chi connectivity index (χ0v) is 18.5. The molecular weight excluding hydrogens is 394 g/mol. The van der Waals surface area contributed by atoms with Gasteiger partial charge in [-0.05, 0) is 32.3 Å². The van der Waals surface area contributed by atoms with Gasteiger partial charge in [-0.3, -0.25) is 19.1 Å². The lowest BCUT2D eigenvalue weighted by Gasteiger charge is -2.20. The first-order chi connectivity index (χ1) is 14.9. The van der Waals surface area contributed by atoms with Crippen LogP contribution in [0, 0.1) is 6.92 Å². The lowest BCUT2D eigenvalue weighted by atomic mass is 10.1. The maximum absolute atomic E-state index is 13.1. The molecule has 0 bridgehead atoms. The van der Waals surface area contributed by atoms with Crippen molar-refractivity contribution in [2.24, 2.45) is 0 Å². The molecule has 3 rings (SSSR count). The van der Waals surface area contributed by atoms with Gasteiger partial charge in [-0.1, -0.05) is 36.8 Å². The molecule has 8 nitrogen and oxygen atoms in total. The lowest BCUT2D eigenvalue weighted by molar-refractivity contribution is -0.121. The SMILES string of the molecule is CC[C@@H](C)NC(=O)CCNC(=O)c1cc2n(n1)CCCN(Cc1ccc(C)cc1)C2=O. The first-order valence-electron chi connectivity index (χ1n) is 10.9. The van der Waals surface area contributed by atoms with Gasteiger partial charge in [0, 0.05) is 44.7 Å². The minimum atomic E-state index is -0.380. The van der Waals surface area contributed by atoms with E-state index in [2.05, 4.69) is 15.7 Å². The molecule has 166 valence electrons.